The highest BCUT2D eigenvalue weighted by Gasteiger charge is 2.29. The number of hydrogen-bond acceptors (Lipinski definition) is 4. The standard InChI is InChI=1S/C15H18O4/c1-10(2)11-5-3-4-6-12(11)14-8-19-15(9-18-14)13(17)7-16/h3-7,10,14-15H,8-9H2,1-2H3. The van der Waals surface area contributed by atoms with Gasteiger partial charge in [0.1, 0.15) is 12.2 Å². The third-order valence-corrected chi connectivity index (χ3v) is 3.30. The van der Waals surface area contributed by atoms with Gasteiger partial charge in [-0.05, 0) is 17.0 Å². The molecular weight excluding hydrogens is 244 g/mol. The van der Waals surface area contributed by atoms with Crippen LogP contribution in [0.5, 0.6) is 0 Å². The van der Waals surface area contributed by atoms with Crippen LogP contribution in [0.25, 0.3) is 0 Å². The summed E-state index contributed by atoms with van der Waals surface area (Å²) in [5, 5.41) is 0. The van der Waals surface area contributed by atoms with Crippen molar-refractivity contribution in [3.8, 4) is 0 Å². The zero-order valence-electron chi connectivity index (χ0n) is 11.2. The number of Topliss-reactive ketones (excluding diaryl/α,β-unsaturated/α-hetero) is 1. The number of rotatable bonds is 4. The molecule has 0 aromatic heterocycles. The minimum absolute atomic E-state index is 0.134. The fourth-order valence-corrected chi connectivity index (χ4v) is 2.25. The van der Waals surface area contributed by atoms with Crippen LogP contribution in [0.4, 0.5) is 0 Å². The van der Waals surface area contributed by atoms with Crippen LogP contribution >= 0.6 is 0 Å². The van der Waals surface area contributed by atoms with E-state index in [4.69, 9.17) is 9.47 Å². The number of carbonyl (C=O) groups excluding carboxylic acids is 2. The Morgan fingerprint density at radius 1 is 1.26 bits per heavy atom. The van der Waals surface area contributed by atoms with Gasteiger partial charge >= 0.3 is 0 Å². The molecule has 1 aliphatic rings. The molecule has 2 unspecified atom stereocenters. The second-order valence-electron chi connectivity index (χ2n) is 4.95. The molecule has 0 saturated carbocycles. The summed E-state index contributed by atoms with van der Waals surface area (Å²) in [5.74, 6) is -0.162. The minimum Gasteiger partial charge on any atom is -0.368 e. The van der Waals surface area contributed by atoms with E-state index in [9.17, 15) is 9.59 Å². The highest BCUT2D eigenvalue weighted by atomic mass is 16.6. The summed E-state index contributed by atoms with van der Waals surface area (Å²) < 4.78 is 11.1. The topological polar surface area (TPSA) is 52.6 Å². The van der Waals surface area contributed by atoms with E-state index in [1.807, 2.05) is 18.2 Å². The van der Waals surface area contributed by atoms with E-state index >= 15 is 0 Å². The summed E-state index contributed by atoms with van der Waals surface area (Å²) in [7, 11) is 0. The van der Waals surface area contributed by atoms with Crippen LogP contribution in [0, 0.1) is 0 Å². The Labute approximate surface area is 112 Å². The minimum atomic E-state index is -0.750. The van der Waals surface area contributed by atoms with E-state index in [-0.39, 0.29) is 19.0 Å². The number of carbonyl (C=O) groups is 2. The van der Waals surface area contributed by atoms with E-state index in [1.165, 1.54) is 5.56 Å². The zero-order valence-corrected chi connectivity index (χ0v) is 11.2. The Morgan fingerprint density at radius 2 is 2.00 bits per heavy atom. The molecule has 1 aromatic carbocycles. The molecule has 2 atom stereocenters. The monoisotopic (exact) mass is 262 g/mol. The zero-order chi connectivity index (χ0) is 13.8. The first-order valence-electron chi connectivity index (χ1n) is 6.44. The second-order valence-corrected chi connectivity index (χ2v) is 4.95. The van der Waals surface area contributed by atoms with Crippen LogP contribution in [0.1, 0.15) is 37.0 Å². The van der Waals surface area contributed by atoms with E-state index in [0.29, 0.717) is 12.5 Å². The molecule has 1 aliphatic heterocycles. The molecule has 0 spiro atoms. The maximum absolute atomic E-state index is 11.2. The van der Waals surface area contributed by atoms with Gasteiger partial charge in [-0.3, -0.25) is 9.59 Å². The van der Waals surface area contributed by atoms with Crippen LogP contribution in [-0.2, 0) is 19.1 Å². The van der Waals surface area contributed by atoms with Crippen molar-refractivity contribution in [2.75, 3.05) is 13.2 Å². The number of benzene rings is 1. The van der Waals surface area contributed by atoms with Gasteiger partial charge in [0, 0.05) is 0 Å². The van der Waals surface area contributed by atoms with Crippen LogP contribution < -0.4 is 0 Å². The molecule has 102 valence electrons. The fraction of sp³-hybridized carbons (Fsp3) is 0.467. The van der Waals surface area contributed by atoms with E-state index < -0.39 is 11.9 Å². The molecule has 1 heterocycles. The van der Waals surface area contributed by atoms with Crippen LogP contribution in [-0.4, -0.2) is 31.4 Å². The van der Waals surface area contributed by atoms with Crippen LogP contribution in [0.15, 0.2) is 24.3 Å². The van der Waals surface area contributed by atoms with Crippen molar-refractivity contribution < 1.29 is 19.1 Å². The smallest absolute Gasteiger partial charge is 0.226 e. The number of ether oxygens (including phenoxy) is 2. The average Bonchev–Trinajstić information content (AvgIpc) is 2.46. The van der Waals surface area contributed by atoms with E-state index in [1.54, 1.807) is 0 Å². The van der Waals surface area contributed by atoms with Gasteiger partial charge in [-0.1, -0.05) is 38.1 Å². The summed E-state index contributed by atoms with van der Waals surface area (Å²) in [6.07, 6.45) is -0.634. The van der Waals surface area contributed by atoms with Gasteiger partial charge in [-0.15, -0.1) is 0 Å². The predicted molar refractivity (Wildman–Crippen MR) is 70.0 cm³/mol. The lowest BCUT2D eigenvalue weighted by Gasteiger charge is -2.29. The van der Waals surface area contributed by atoms with Gasteiger partial charge in [0.25, 0.3) is 0 Å². The molecule has 4 heteroatoms. The van der Waals surface area contributed by atoms with Crippen molar-refractivity contribution >= 4 is 12.1 Å². The quantitative estimate of drug-likeness (QED) is 0.615. The molecule has 0 N–H and O–H groups in total. The Bertz CT molecular complexity index is 459. The van der Waals surface area contributed by atoms with Gasteiger partial charge in [0.05, 0.1) is 13.2 Å². The molecule has 0 bridgehead atoms. The van der Waals surface area contributed by atoms with Crippen molar-refractivity contribution in [3.05, 3.63) is 35.4 Å². The van der Waals surface area contributed by atoms with Crippen molar-refractivity contribution in [2.24, 2.45) is 0 Å². The Hall–Kier alpha value is -1.52. The normalized spacial score (nSPS) is 23.3. The summed E-state index contributed by atoms with van der Waals surface area (Å²) in [5.41, 5.74) is 2.31. The maximum atomic E-state index is 11.2. The van der Waals surface area contributed by atoms with Gasteiger partial charge in [-0.2, -0.15) is 0 Å². The molecule has 4 nitrogen and oxygen atoms in total. The summed E-state index contributed by atoms with van der Waals surface area (Å²) in [4.78, 5) is 21.6. The molecule has 0 radical (unpaired) electrons. The lowest BCUT2D eigenvalue weighted by atomic mass is 9.94. The highest BCUT2D eigenvalue weighted by molar-refractivity contribution is 6.27. The Kier molecular flexibility index (Phi) is 4.45. The number of hydrogen-bond donors (Lipinski definition) is 0. The molecule has 1 fully saturated rings. The molecule has 19 heavy (non-hydrogen) atoms. The van der Waals surface area contributed by atoms with Gasteiger partial charge < -0.3 is 9.47 Å². The second kappa shape index (κ2) is 6.08. The van der Waals surface area contributed by atoms with Crippen molar-refractivity contribution in [2.45, 2.75) is 32.0 Å². The van der Waals surface area contributed by atoms with Crippen molar-refractivity contribution in [1.82, 2.24) is 0 Å². The molecule has 2 rings (SSSR count). The average molecular weight is 262 g/mol. The first-order valence-corrected chi connectivity index (χ1v) is 6.44. The van der Waals surface area contributed by atoms with Crippen molar-refractivity contribution in [1.29, 1.82) is 0 Å². The summed E-state index contributed by atoms with van der Waals surface area (Å²) in [6.45, 7) is 4.69. The van der Waals surface area contributed by atoms with E-state index in [2.05, 4.69) is 19.9 Å². The van der Waals surface area contributed by atoms with Crippen molar-refractivity contribution in [3.63, 3.8) is 0 Å². The van der Waals surface area contributed by atoms with Gasteiger partial charge in [-0.25, -0.2) is 0 Å². The Balaban J connectivity index is 2.10. The van der Waals surface area contributed by atoms with Gasteiger partial charge in [0.2, 0.25) is 5.78 Å². The van der Waals surface area contributed by atoms with E-state index in [0.717, 1.165) is 5.56 Å². The maximum Gasteiger partial charge on any atom is 0.226 e. The summed E-state index contributed by atoms with van der Waals surface area (Å²) in [6, 6.07) is 8.06. The Morgan fingerprint density at radius 3 is 2.58 bits per heavy atom. The summed E-state index contributed by atoms with van der Waals surface area (Å²) >= 11 is 0. The molecular formula is C15H18O4. The van der Waals surface area contributed by atoms with Crippen LogP contribution in [0.3, 0.4) is 0 Å². The lowest BCUT2D eigenvalue weighted by Crippen LogP contribution is -2.37. The molecule has 1 aromatic rings. The molecule has 1 saturated heterocycles. The third kappa shape index (κ3) is 3.08. The highest BCUT2D eigenvalue weighted by Crippen LogP contribution is 2.29. The van der Waals surface area contributed by atoms with Crippen LogP contribution in [0.2, 0.25) is 0 Å². The third-order valence-electron chi connectivity index (χ3n) is 3.30. The number of ketones is 1. The lowest BCUT2D eigenvalue weighted by molar-refractivity contribution is -0.161. The number of aldehydes is 1. The first kappa shape index (κ1) is 13.9. The SMILES string of the molecule is CC(C)c1ccccc1C1COC(C(=O)C=O)CO1. The molecule has 0 aliphatic carbocycles. The van der Waals surface area contributed by atoms with Gasteiger partial charge in [0.15, 0.2) is 6.29 Å². The predicted octanol–water partition coefficient (Wildman–Crippen LogP) is 2.03. The largest absolute Gasteiger partial charge is 0.368 e. The fourth-order valence-electron chi connectivity index (χ4n) is 2.25. The molecule has 0 amide bonds. The first-order chi connectivity index (χ1) is 9.13.